The fraction of sp³-hybridized carbons (Fsp3) is 0.429. The number of sulfonamides is 1. The first kappa shape index (κ1) is 17.3. The molecule has 124 valence electrons. The first-order valence-electron chi connectivity index (χ1n) is 6.88. The van der Waals surface area contributed by atoms with E-state index in [4.69, 9.17) is 6.42 Å². The molecule has 9 heteroatoms. The summed E-state index contributed by atoms with van der Waals surface area (Å²) in [6.45, 7) is 2.99. The molecule has 23 heavy (non-hydrogen) atoms. The Labute approximate surface area is 133 Å². The molecule has 0 amide bonds. The fourth-order valence-electron chi connectivity index (χ4n) is 2.38. The zero-order chi connectivity index (χ0) is 17.2. The highest BCUT2D eigenvalue weighted by Crippen LogP contribution is 2.27. The van der Waals surface area contributed by atoms with Crippen LogP contribution < -0.4 is 0 Å². The Morgan fingerprint density at radius 1 is 1.35 bits per heavy atom. The SMILES string of the molecule is C#CCN1CCN(S(=O)(=O)c2cc(F)c(C)c([N+](=O)[O-])c2)CC1. The van der Waals surface area contributed by atoms with E-state index in [1.54, 1.807) is 0 Å². The predicted molar refractivity (Wildman–Crippen MR) is 81.8 cm³/mol. The van der Waals surface area contributed by atoms with Crippen LogP contribution in [-0.2, 0) is 10.0 Å². The molecule has 0 spiro atoms. The fourth-order valence-corrected chi connectivity index (χ4v) is 3.84. The van der Waals surface area contributed by atoms with Gasteiger partial charge in [0.05, 0.1) is 21.9 Å². The largest absolute Gasteiger partial charge is 0.290 e. The average molecular weight is 341 g/mol. The number of nitro benzene ring substituents is 1. The summed E-state index contributed by atoms with van der Waals surface area (Å²) in [6.07, 6.45) is 5.22. The molecule has 1 fully saturated rings. The van der Waals surface area contributed by atoms with Gasteiger partial charge in [0.15, 0.2) is 0 Å². The monoisotopic (exact) mass is 341 g/mol. The molecule has 1 saturated heterocycles. The summed E-state index contributed by atoms with van der Waals surface area (Å²) in [7, 11) is -3.99. The molecular weight excluding hydrogens is 325 g/mol. The Bertz CT molecular complexity index is 765. The normalized spacial score (nSPS) is 16.9. The van der Waals surface area contributed by atoms with E-state index in [0.29, 0.717) is 19.6 Å². The van der Waals surface area contributed by atoms with E-state index in [1.165, 1.54) is 11.2 Å². The van der Waals surface area contributed by atoms with Crippen molar-refractivity contribution < 1.29 is 17.7 Å². The summed E-state index contributed by atoms with van der Waals surface area (Å²) < 4.78 is 40.2. The molecule has 0 aromatic heterocycles. The number of hydrogen-bond acceptors (Lipinski definition) is 5. The van der Waals surface area contributed by atoms with Crippen molar-refractivity contribution >= 4 is 15.7 Å². The number of hydrogen-bond donors (Lipinski definition) is 0. The molecule has 1 aliphatic heterocycles. The van der Waals surface area contributed by atoms with Crippen LogP contribution in [0.15, 0.2) is 17.0 Å². The maximum atomic E-state index is 13.8. The van der Waals surface area contributed by atoms with Gasteiger partial charge >= 0.3 is 0 Å². The highest BCUT2D eigenvalue weighted by Gasteiger charge is 2.31. The third-order valence-electron chi connectivity index (χ3n) is 3.77. The average Bonchev–Trinajstić information content (AvgIpc) is 2.50. The van der Waals surface area contributed by atoms with Gasteiger partial charge in [-0.25, -0.2) is 12.8 Å². The number of halogens is 1. The van der Waals surface area contributed by atoms with Gasteiger partial charge in [-0.1, -0.05) is 5.92 Å². The number of nitrogens with zero attached hydrogens (tertiary/aromatic N) is 3. The van der Waals surface area contributed by atoms with Gasteiger partial charge in [-0.05, 0) is 13.0 Å². The van der Waals surface area contributed by atoms with Crippen LogP contribution in [0.25, 0.3) is 0 Å². The molecule has 1 aromatic rings. The van der Waals surface area contributed by atoms with Gasteiger partial charge in [0.2, 0.25) is 10.0 Å². The molecule has 0 N–H and O–H groups in total. The third kappa shape index (κ3) is 3.50. The summed E-state index contributed by atoms with van der Waals surface area (Å²) in [5.41, 5.74) is -0.734. The second-order valence-electron chi connectivity index (χ2n) is 5.19. The maximum Gasteiger partial charge on any atom is 0.276 e. The van der Waals surface area contributed by atoms with E-state index in [0.717, 1.165) is 12.1 Å². The lowest BCUT2D eigenvalue weighted by molar-refractivity contribution is -0.385. The Kier molecular flexibility index (Phi) is 4.99. The Morgan fingerprint density at radius 2 is 1.96 bits per heavy atom. The first-order valence-corrected chi connectivity index (χ1v) is 8.32. The molecule has 0 radical (unpaired) electrons. The molecule has 1 aliphatic rings. The van der Waals surface area contributed by atoms with E-state index in [-0.39, 0.29) is 18.7 Å². The minimum atomic E-state index is -3.99. The van der Waals surface area contributed by atoms with Crippen molar-refractivity contribution in [1.82, 2.24) is 9.21 Å². The van der Waals surface area contributed by atoms with Crippen LogP contribution in [0.2, 0.25) is 0 Å². The highest BCUT2D eigenvalue weighted by molar-refractivity contribution is 7.89. The number of terminal acetylenes is 1. The Morgan fingerprint density at radius 3 is 2.48 bits per heavy atom. The number of benzene rings is 1. The van der Waals surface area contributed by atoms with Gasteiger partial charge in [-0.2, -0.15) is 4.31 Å². The molecule has 0 saturated carbocycles. The second kappa shape index (κ2) is 6.62. The number of nitro groups is 1. The van der Waals surface area contributed by atoms with Crippen LogP contribution in [0.1, 0.15) is 5.56 Å². The van der Waals surface area contributed by atoms with Gasteiger partial charge < -0.3 is 0 Å². The molecule has 0 aliphatic carbocycles. The third-order valence-corrected chi connectivity index (χ3v) is 5.65. The van der Waals surface area contributed by atoms with E-state index in [1.807, 2.05) is 4.90 Å². The highest BCUT2D eigenvalue weighted by atomic mass is 32.2. The van der Waals surface area contributed by atoms with Crippen molar-refractivity contribution in [2.75, 3.05) is 32.7 Å². The van der Waals surface area contributed by atoms with Crippen LogP contribution in [0.5, 0.6) is 0 Å². The lowest BCUT2D eigenvalue weighted by Crippen LogP contribution is -2.48. The van der Waals surface area contributed by atoms with Crippen LogP contribution in [0, 0.1) is 35.2 Å². The van der Waals surface area contributed by atoms with Gasteiger partial charge in [-0.15, -0.1) is 6.42 Å². The van der Waals surface area contributed by atoms with Crippen molar-refractivity contribution in [1.29, 1.82) is 0 Å². The van der Waals surface area contributed by atoms with Crippen molar-refractivity contribution in [3.8, 4) is 12.3 Å². The summed E-state index contributed by atoms with van der Waals surface area (Å²) >= 11 is 0. The summed E-state index contributed by atoms with van der Waals surface area (Å²) in [6, 6.07) is 1.73. The molecule has 0 bridgehead atoms. The lowest BCUT2D eigenvalue weighted by Gasteiger charge is -2.32. The van der Waals surface area contributed by atoms with Crippen molar-refractivity contribution in [3.63, 3.8) is 0 Å². The van der Waals surface area contributed by atoms with Gasteiger partial charge in [-0.3, -0.25) is 15.0 Å². The molecule has 0 unspecified atom stereocenters. The minimum absolute atomic E-state index is 0.187. The Balaban J connectivity index is 2.31. The number of rotatable bonds is 4. The zero-order valence-corrected chi connectivity index (χ0v) is 13.3. The smallest absolute Gasteiger partial charge is 0.276 e. The van der Waals surface area contributed by atoms with Crippen molar-refractivity contribution in [2.24, 2.45) is 0 Å². The predicted octanol–water partition coefficient (Wildman–Crippen LogP) is 0.982. The van der Waals surface area contributed by atoms with E-state index >= 15 is 0 Å². The quantitative estimate of drug-likeness (QED) is 0.463. The van der Waals surface area contributed by atoms with Crippen molar-refractivity contribution in [3.05, 3.63) is 33.6 Å². The van der Waals surface area contributed by atoms with Crippen LogP contribution in [0.4, 0.5) is 10.1 Å². The van der Waals surface area contributed by atoms with Gasteiger partial charge in [0.1, 0.15) is 5.82 Å². The molecule has 1 aromatic carbocycles. The maximum absolute atomic E-state index is 13.8. The van der Waals surface area contributed by atoms with Gasteiger partial charge in [0.25, 0.3) is 5.69 Å². The zero-order valence-electron chi connectivity index (χ0n) is 12.5. The first-order chi connectivity index (χ1) is 10.8. The van der Waals surface area contributed by atoms with Crippen LogP contribution in [0.3, 0.4) is 0 Å². The molecule has 7 nitrogen and oxygen atoms in total. The second-order valence-corrected chi connectivity index (χ2v) is 7.13. The number of piperazine rings is 1. The standard InChI is InChI=1S/C14H16FN3O4S/c1-3-4-16-5-7-17(8-6-16)23(21,22)12-9-13(15)11(2)14(10-12)18(19)20/h1,9-10H,4-8H2,2H3. The van der Waals surface area contributed by atoms with Crippen LogP contribution in [-0.4, -0.2) is 55.3 Å². The minimum Gasteiger partial charge on any atom is -0.290 e. The Hall–Kier alpha value is -2.02. The summed E-state index contributed by atoms with van der Waals surface area (Å²) in [5, 5.41) is 10.9. The lowest BCUT2D eigenvalue weighted by atomic mass is 10.2. The van der Waals surface area contributed by atoms with E-state index in [9.17, 15) is 22.9 Å². The topological polar surface area (TPSA) is 83.8 Å². The molecule has 1 heterocycles. The van der Waals surface area contributed by atoms with Gasteiger partial charge in [0, 0.05) is 32.2 Å². The summed E-state index contributed by atoms with van der Waals surface area (Å²) in [4.78, 5) is 11.7. The molecular formula is C14H16FN3O4S. The van der Waals surface area contributed by atoms with E-state index in [2.05, 4.69) is 5.92 Å². The van der Waals surface area contributed by atoms with E-state index < -0.39 is 31.3 Å². The molecule has 0 atom stereocenters. The van der Waals surface area contributed by atoms with Crippen LogP contribution >= 0.6 is 0 Å². The summed E-state index contributed by atoms with van der Waals surface area (Å²) in [5.74, 6) is 1.58. The molecule has 2 rings (SSSR count). The van der Waals surface area contributed by atoms with Crippen molar-refractivity contribution in [2.45, 2.75) is 11.8 Å².